The first-order chi connectivity index (χ1) is 15.9. The van der Waals surface area contributed by atoms with Gasteiger partial charge in [0.1, 0.15) is 0 Å². The van der Waals surface area contributed by atoms with Crippen molar-refractivity contribution in [3.8, 4) is 11.3 Å². The average Bonchev–Trinajstić information content (AvgIpc) is 3.21. The van der Waals surface area contributed by atoms with Crippen molar-refractivity contribution in [2.24, 2.45) is 10.1 Å². The lowest BCUT2D eigenvalue weighted by Gasteiger charge is -2.22. The highest BCUT2D eigenvalue weighted by Gasteiger charge is 2.16. The summed E-state index contributed by atoms with van der Waals surface area (Å²) in [6.07, 6.45) is 6.58. The van der Waals surface area contributed by atoms with Crippen LogP contribution in [0.3, 0.4) is 0 Å². The lowest BCUT2D eigenvalue weighted by Crippen LogP contribution is -2.16. The average molecular weight is 463 g/mol. The maximum Gasteiger partial charge on any atom is 0.269 e. The van der Waals surface area contributed by atoms with Crippen LogP contribution in [0.25, 0.3) is 11.3 Å². The molecule has 6 nitrogen and oxygen atoms in total. The topological polar surface area (TPSA) is 72.8 Å². The number of hydrogen-bond donors (Lipinski definition) is 0. The Hall–Kier alpha value is -3.06. The summed E-state index contributed by atoms with van der Waals surface area (Å²) >= 11 is 1.58. The van der Waals surface area contributed by atoms with Gasteiger partial charge in [0.05, 0.1) is 16.3 Å². The molecule has 7 heteroatoms. The van der Waals surface area contributed by atoms with Gasteiger partial charge in [-0.2, -0.15) is 5.10 Å². The van der Waals surface area contributed by atoms with Gasteiger partial charge in [-0.15, -0.1) is 11.3 Å². The van der Waals surface area contributed by atoms with Crippen molar-refractivity contribution in [2.45, 2.75) is 64.8 Å². The van der Waals surface area contributed by atoms with Crippen LogP contribution < -0.4 is 4.80 Å². The van der Waals surface area contributed by atoms with Gasteiger partial charge >= 0.3 is 0 Å². The van der Waals surface area contributed by atoms with Crippen LogP contribution in [0.15, 0.2) is 64.0 Å². The number of nitro groups is 1. The van der Waals surface area contributed by atoms with Crippen LogP contribution >= 0.6 is 11.3 Å². The smallest absolute Gasteiger partial charge is 0.258 e. The van der Waals surface area contributed by atoms with E-state index in [1.165, 1.54) is 49.8 Å². The number of nitrogens with zero attached hydrogens (tertiary/aromatic N) is 4. The normalized spacial score (nSPS) is 15.9. The maximum atomic E-state index is 11.0. The van der Waals surface area contributed by atoms with Crippen LogP contribution in [-0.2, 0) is 0 Å². The number of thiazole rings is 1. The number of nitro benzene ring substituents is 1. The van der Waals surface area contributed by atoms with Crippen molar-refractivity contribution in [1.29, 1.82) is 0 Å². The van der Waals surface area contributed by atoms with Crippen molar-refractivity contribution in [3.05, 3.63) is 80.0 Å². The van der Waals surface area contributed by atoms with E-state index in [9.17, 15) is 10.1 Å². The van der Waals surface area contributed by atoms with Crippen LogP contribution in [-0.4, -0.2) is 21.4 Å². The van der Waals surface area contributed by atoms with Gasteiger partial charge < -0.3 is 0 Å². The Bertz CT molecular complexity index is 1200. The summed E-state index contributed by atoms with van der Waals surface area (Å²) in [5, 5.41) is 18.0. The Labute approximate surface area is 198 Å². The molecule has 0 unspecified atom stereocenters. The Morgan fingerprint density at radius 2 is 1.73 bits per heavy atom. The molecule has 33 heavy (non-hydrogen) atoms. The molecule has 0 spiro atoms. The molecule has 1 aromatic heterocycles. The molecule has 0 radical (unpaired) electrons. The Morgan fingerprint density at radius 1 is 1.06 bits per heavy atom. The molecule has 4 rings (SSSR count). The van der Waals surface area contributed by atoms with Crippen molar-refractivity contribution in [2.75, 3.05) is 0 Å². The van der Waals surface area contributed by atoms with Crippen molar-refractivity contribution in [1.82, 2.24) is 4.68 Å². The lowest BCUT2D eigenvalue weighted by molar-refractivity contribution is -0.384. The third kappa shape index (κ3) is 5.47. The van der Waals surface area contributed by atoms with Gasteiger partial charge in [-0.05, 0) is 62.8 Å². The first-order valence-corrected chi connectivity index (χ1v) is 12.5. The van der Waals surface area contributed by atoms with E-state index in [0.29, 0.717) is 5.92 Å². The van der Waals surface area contributed by atoms with Crippen LogP contribution in [0, 0.1) is 10.1 Å². The van der Waals surface area contributed by atoms with Gasteiger partial charge in [0.25, 0.3) is 5.69 Å². The summed E-state index contributed by atoms with van der Waals surface area (Å²) in [5.74, 6) is 0.677. The van der Waals surface area contributed by atoms with Crippen molar-refractivity contribution in [3.63, 3.8) is 0 Å². The summed E-state index contributed by atoms with van der Waals surface area (Å²) in [6.45, 7) is 6.02. The first-order valence-electron chi connectivity index (χ1n) is 11.6. The fourth-order valence-corrected chi connectivity index (χ4v) is 5.26. The van der Waals surface area contributed by atoms with Crippen molar-refractivity contribution < 1.29 is 4.92 Å². The standard InChI is InChI=1S/C26H30N4O2S/c1-18(2)27-26-29(28-19(3)20-13-15-24(16-14-20)30(31)32)25(17-33-26)23-11-9-22(10-12-23)21-7-5-4-6-8-21/h9-18,21H,4-8H2,1-3H3. The van der Waals surface area contributed by atoms with Gasteiger partial charge in [-0.1, -0.05) is 43.5 Å². The second-order valence-corrected chi connectivity index (χ2v) is 9.72. The van der Waals surface area contributed by atoms with E-state index in [1.807, 2.05) is 11.6 Å². The number of non-ortho nitro benzene ring substituents is 1. The highest BCUT2D eigenvalue weighted by atomic mass is 32.1. The van der Waals surface area contributed by atoms with E-state index in [-0.39, 0.29) is 11.7 Å². The van der Waals surface area contributed by atoms with Crippen LogP contribution in [0.5, 0.6) is 0 Å². The van der Waals surface area contributed by atoms with Gasteiger partial charge in [0.15, 0.2) is 0 Å². The first kappa shape index (κ1) is 23.1. The predicted molar refractivity (Wildman–Crippen MR) is 135 cm³/mol. The maximum absolute atomic E-state index is 11.0. The van der Waals surface area contributed by atoms with E-state index in [1.54, 1.807) is 23.5 Å². The minimum absolute atomic E-state index is 0.0731. The third-order valence-corrected chi connectivity index (χ3v) is 6.91. The van der Waals surface area contributed by atoms with E-state index < -0.39 is 4.92 Å². The summed E-state index contributed by atoms with van der Waals surface area (Å²) in [4.78, 5) is 16.2. The van der Waals surface area contributed by atoms with Crippen molar-refractivity contribution >= 4 is 22.7 Å². The Morgan fingerprint density at radius 3 is 2.33 bits per heavy atom. The lowest BCUT2D eigenvalue weighted by atomic mass is 9.84. The zero-order valence-corrected chi connectivity index (χ0v) is 20.2. The number of hydrogen-bond acceptors (Lipinski definition) is 5. The minimum atomic E-state index is -0.390. The number of benzene rings is 2. The number of aromatic nitrogens is 1. The molecule has 172 valence electrons. The summed E-state index contributed by atoms with van der Waals surface area (Å²) in [7, 11) is 0. The molecule has 3 aromatic rings. The fraction of sp³-hybridized carbons (Fsp3) is 0.385. The quantitative estimate of drug-likeness (QED) is 0.231. The molecule has 0 saturated heterocycles. The fourth-order valence-electron chi connectivity index (χ4n) is 4.30. The van der Waals surface area contributed by atoms with Gasteiger partial charge in [0.2, 0.25) is 4.80 Å². The van der Waals surface area contributed by atoms with Gasteiger partial charge in [-0.3, -0.25) is 15.1 Å². The minimum Gasteiger partial charge on any atom is -0.258 e. The molecule has 0 aliphatic heterocycles. The van der Waals surface area contributed by atoms with E-state index in [2.05, 4.69) is 43.5 Å². The molecular formula is C26H30N4O2S. The second-order valence-electron chi connectivity index (χ2n) is 8.88. The zero-order valence-electron chi connectivity index (χ0n) is 19.4. The molecule has 2 aromatic carbocycles. The molecule has 1 saturated carbocycles. The molecule has 1 heterocycles. The van der Waals surface area contributed by atoms with Gasteiger partial charge in [0, 0.05) is 29.1 Å². The molecule has 1 fully saturated rings. The highest BCUT2D eigenvalue weighted by molar-refractivity contribution is 7.07. The van der Waals surface area contributed by atoms with Gasteiger partial charge in [-0.25, -0.2) is 4.68 Å². The second kappa shape index (κ2) is 10.3. The molecule has 0 N–H and O–H groups in total. The van der Waals surface area contributed by atoms with E-state index in [0.717, 1.165) is 27.3 Å². The predicted octanol–water partition coefficient (Wildman–Crippen LogP) is 6.75. The number of rotatable bonds is 6. The van der Waals surface area contributed by atoms with Crippen LogP contribution in [0.1, 0.15) is 69.9 Å². The van der Waals surface area contributed by atoms with Crippen LogP contribution in [0.2, 0.25) is 0 Å². The third-order valence-electron chi connectivity index (χ3n) is 6.08. The molecule has 0 atom stereocenters. The summed E-state index contributed by atoms with van der Waals surface area (Å²) < 4.78 is 1.90. The molecule has 0 amide bonds. The Kier molecular flexibility index (Phi) is 7.18. The van der Waals surface area contributed by atoms with E-state index in [4.69, 9.17) is 10.1 Å². The largest absolute Gasteiger partial charge is 0.269 e. The Balaban J connectivity index is 1.70. The monoisotopic (exact) mass is 462 g/mol. The highest BCUT2D eigenvalue weighted by Crippen LogP contribution is 2.33. The molecule has 1 aliphatic rings. The molecule has 1 aliphatic carbocycles. The SMILES string of the molecule is CC(=Nn1c(-c2ccc(C3CCCCC3)cc2)csc1=NC(C)C)c1ccc([N+](=O)[O-])cc1. The summed E-state index contributed by atoms with van der Waals surface area (Å²) in [5.41, 5.74) is 5.22. The summed E-state index contributed by atoms with van der Waals surface area (Å²) in [6, 6.07) is 15.6. The molecular weight excluding hydrogens is 432 g/mol. The van der Waals surface area contributed by atoms with E-state index >= 15 is 0 Å². The molecule has 0 bridgehead atoms. The van der Waals surface area contributed by atoms with Crippen LogP contribution in [0.4, 0.5) is 5.69 Å². The zero-order chi connectivity index (χ0) is 23.4.